The monoisotopic (exact) mass is 361 g/mol. The van der Waals surface area contributed by atoms with E-state index >= 15 is 0 Å². The minimum atomic E-state index is -0.251. The van der Waals surface area contributed by atoms with Crippen LogP contribution in [0.1, 0.15) is 17.3 Å². The van der Waals surface area contributed by atoms with Crippen LogP contribution in [0.4, 0.5) is 4.39 Å². The first-order chi connectivity index (χ1) is 8.60. The van der Waals surface area contributed by atoms with E-state index in [1.807, 2.05) is 13.2 Å². The molecule has 0 amide bonds. The lowest BCUT2D eigenvalue weighted by atomic mass is 10.0. The second-order valence-corrected chi connectivity index (χ2v) is 5.13. The number of nitrogens with zero attached hydrogens (tertiary/aromatic N) is 3. The summed E-state index contributed by atoms with van der Waals surface area (Å²) in [6.07, 6.45) is 2.44. The van der Waals surface area contributed by atoms with E-state index in [4.69, 9.17) is 5.84 Å². The molecule has 7 heteroatoms. The van der Waals surface area contributed by atoms with Gasteiger partial charge in [-0.05, 0) is 40.3 Å². The second-order valence-electron chi connectivity index (χ2n) is 3.97. The highest BCUT2D eigenvalue weighted by molar-refractivity contribution is 14.1. The Bertz CT molecular complexity index is 542. The van der Waals surface area contributed by atoms with Gasteiger partial charge in [-0.2, -0.15) is 0 Å². The van der Waals surface area contributed by atoms with Gasteiger partial charge in [0.2, 0.25) is 0 Å². The van der Waals surface area contributed by atoms with Crippen molar-refractivity contribution in [3.05, 3.63) is 45.0 Å². The van der Waals surface area contributed by atoms with Crippen LogP contribution < -0.4 is 11.3 Å². The van der Waals surface area contributed by atoms with Gasteiger partial charge in [-0.3, -0.25) is 16.0 Å². The van der Waals surface area contributed by atoms with Crippen LogP contribution in [0.3, 0.4) is 0 Å². The van der Waals surface area contributed by atoms with Crippen molar-refractivity contribution in [2.24, 2.45) is 12.9 Å². The number of hydrogen-bond donors (Lipinski definition) is 2. The van der Waals surface area contributed by atoms with Crippen molar-refractivity contribution in [1.82, 2.24) is 20.4 Å². The van der Waals surface area contributed by atoms with E-state index in [1.54, 1.807) is 10.7 Å². The Morgan fingerprint density at radius 2 is 2.33 bits per heavy atom. The van der Waals surface area contributed by atoms with E-state index in [9.17, 15) is 4.39 Å². The number of aromatic nitrogens is 3. The maximum Gasteiger partial charge on any atom is 0.124 e. The number of hydrogen-bond acceptors (Lipinski definition) is 4. The van der Waals surface area contributed by atoms with Gasteiger partial charge in [-0.25, -0.2) is 4.39 Å². The summed E-state index contributed by atoms with van der Waals surface area (Å²) in [6.45, 7) is 0. The highest BCUT2D eigenvalue weighted by atomic mass is 127. The molecule has 1 atom stereocenters. The molecule has 18 heavy (non-hydrogen) atoms. The Morgan fingerprint density at radius 3 is 2.89 bits per heavy atom. The van der Waals surface area contributed by atoms with Crippen LogP contribution >= 0.6 is 22.6 Å². The van der Waals surface area contributed by atoms with Crippen LogP contribution in [0.15, 0.2) is 24.4 Å². The summed E-state index contributed by atoms with van der Waals surface area (Å²) >= 11 is 2.10. The van der Waals surface area contributed by atoms with Gasteiger partial charge in [0.25, 0.3) is 0 Å². The average Bonchev–Trinajstić information content (AvgIpc) is 2.72. The average molecular weight is 361 g/mol. The molecule has 96 valence electrons. The molecule has 0 radical (unpaired) electrons. The largest absolute Gasteiger partial charge is 0.271 e. The smallest absolute Gasteiger partial charge is 0.124 e. The summed E-state index contributed by atoms with van der Waals surface area (Å²) < 4.78 is 15.5. The van der Waals surface area contributed by atoms with Crippen LogP contribution in [0.2, 0.25) is 0 Å². The van der Waals surface area contributed by atoms with Crippen molar-refractivity contribution in [2.75, 3.05) is 0 Å². The highest BCUT2D eigenvalue weighted by Gasteiger charge is 2.15. The quantitative estimate of drug-likeness (QED) is 0.490. The summed E-state index contributed by atoms with van der Waals surface area (Å²) in [7, 11) is 1.81. The molecule has 0 aliphatic rings. The van der Waals surface area contributed by atoms with Gasteiger partial charge in [0.15, 0.2) is 0 Å². The van der Waals surface area contributed by atoms with Crippen molar-refractivity contribution < 1.29 is 4.39 Å². The van der Waals surface area contributed by atoms with Crippen LogP contribution in [-0.2, 0) is 13.5 Å². The maximum absolute atomic E-state index is 13.1. The number of hydrazine groups is 1. The fraction of sp³-hybridized carbons (Fsp3) is 0.273. The fourth-order valence-electron chi connectivity index (χ4n) is 1.74. The number of aryl methyl sites for hydroxylation is 1. The minimum absolute atomic E-state index is 0.116. The number of nitrogens with two attached hydrogens (primary N) is 1. The number of benzene rings is 1. The lowest BCUT2D eigenvalue weighted by molar-refractivity contribution is 0.540. The van der Waals surface area contributed by atoms with Crippen LogP contribution in [-0.4, -0.2) is 15.0 Å². The van der Waals surface area contributed by atoms with Crippen molar-refractivity contribution in [3.8, 4) is 0 Å². The van der Waals surface area contributed by atoms with Crippen molar-refractivity contribution in [2.45, 2.75) is 12.5 Å². The molecule has 1 unspecified atom stereocenters. The summed E-state index contributed by atoms with van der Waals surface area (Å²) in [4.78, 5) is 0. The van der Waals surface area contributed by atoms with Crippen LogP contribution in [0.25, 0.3) is 0 Å². The standard InChI is InChI=1S/C11H13FIN5/c1-18-6-8(16-17-18)5-11(15-14)9-3-2-7(12)4-10(9)13/h2-4,6,11,15H,5,14H2,1H3. The zero-order valence-electron chi connectivity index (χ0n) is 9.77. The summed E-state index contributed by atoms with van der Waals surface area (Å²) in [5.41, 5.74) is 4.52. The van der Waals surface area contributed by atoms with Crippen molar-refractivity contribution >= 4 is 22.6 Å². The van der Waals surface area contributed by atoms with E-state index in [1.165, 1.54) is 12.1 Å². The Hall–Kier alpha value is -1.06. The number of rotatable bonds is 4. The van der Waals surface area contributed by atoms with Crippen molar-refractivity contribution in [3.63, 3.8) is 0 Å². The predicted octanol–water partition coefficient (Wildman–Crippen LogP) is 1.31. The molecular weight excluding hydrogens is 348 g/mol. The first-order valence-electron chi connectivity index (χ1n) is 5.36. The van der Waals surface area contributed by atoms with E-state index in [0.29, 0.717) is 6.42 Å². The molecule has 0 saturated carbocycles. The first-order valence-corrected chi connectivity index (χ1v) is 6.44. The number of halogens is 2. The Balaban J connectivity index is 2.22. The first kappa shape index (κ1) is 13.4. The lowest BCUT2D eigenvalue weighted by Gasteiger charge is -2.16. The normalized spacial score (nSPS) is 12.7. The van der Waals surface area contributed by atoms with Crippen LogP contribution in [0.5, 0.6) is 0 Å². The van der Waals surface area contributed by atoms with Gasteiger partial charge in [0.1, 0.15) is 5.82 Å². The fourth-order valence-corrected chi connectivity index (χ4v) is 2.59. The van der Waals surface area contributed by atoms with Gasteiger partial charge < -0.3 is 0 Å². The van der Waals surface area contributed by atoms with E-state index in [0.717, 1.165) is 14.8 Å². The molecule has 2 rings (SSSR count). The molecule has 0 saturated heterocycles. The Kier molecular flexibility index (Phi) is 4.25. The summed E-state index contributed by atoms with van der Waals surface area (Å²) in [5, 5.41) is 7.89. The maximum atomic E-state index is 13.1. The molecule has 1 heterocycles. The summed E-state index contributed by atoms with van der Waals surface area (Å²) in [6, 6.07) is 4.53. The SMILES string of the molecule is Cn1cc(CC(NN)c2ccc(F)cc2I)nn1. The van der Waals surface area contributed by atoms with Crippen molar-refractivity contribution in [1.29, 1.82) is 0 Å². The molecule has 0 spiro atoms. The Morgan fingerprint density at radius 1 is 1.56 bits per heavy atom. The van der Waals surface area contributed by atoms with Gasteiger partial charge in [0.05, 0.1) is 11.7 Å². The van der Waals surface area contributed by atoms with Gasteiger partial charge >= 0.3 is 0 Å². The molecule has 5 nitrogen and oxygen atoms in total. The highest BCUT2D eigenvalue weighted by Crippen LogP contribution is 2.23. The zero-order valence-corrected chi connectivity index (χ0v) is 11.9. The predicted molar refractivity (Wildman–Crippen MR) is 73.9 cm³/mol. The third kappa shape index (κ3) is 3.03. The van der Waals surface area contributed by atoms with E-state index in [-0.39, 0.29) is 11.9 Å². The molecule has 1 aromatic carbocycles. The third-order valence-corrected chi connectivity index (χ3v) is 3.54. The molecular formula is C11H13FIN5. The molecule has 0 fully saturated rings. The van der Waals surface area contributed by atoms with E-state index in [2.05, 4.69) is 38.3 Å². The topological polar surface area (TPSA) is 68.8 Å². The molecule has 0 aliphatic heterocycles. The Labute approximate surface area is 118 Å². The summed E-state index contributed by atoms with van der Waals surface area (Å²) in [5.74, 6) is 5.31. The van der Waals surface area contributed by atoms with Gasteiger partial charge in [0, 0.05) is 23.2 Å². The third-order valence-electron chi connectivity index (χ3n) is 2.60. The zero-order chi connectivity index (χ0) is 13.1. The van der Waals surface area contributed by atoms with E-state index < -0.39 is 0 Å². The van der Waals surface area contributed by atoms with Gasteiger partial charge in [-0.1, -0.05) is 11.3 Å². The lowest BCUT2D eigenvalue weighted by Crippen LogP contribution is -2.30. The molecule has 0 bridgehead atoms. The molecule has 0 aliphatic carbocycles. The second kappa shape index (κ2) is 5.72. The molecule has 3 N–H and O–H groups in total. The van der Waals surface area contributed by atoms with Crippen LogP contribution in [0, 0.1) is 9.39 Å². The molecule has 2 aromatic rings. The molecule has 1 aromatic heterocycles. The van der Waals surface area contributed by atoms with Gasteiger partial charge in [-0.15, -0.1) is 5.10 Å². The minimum Gasteiger partial charge on any atom is -0.271 e. The number of nitrogens with one attached hydrogen (secondary N) is 1.